The molecule has 9 nitrogen and oxygen atoms in total. The van der Waals surface area contributed by atoms with Crippen molar-refractivity contribution in [3.63, 3.8) is 0 Å². The Morgan fingerprint density at radius 3 is 2.67 bits per heavy atom. The summed E-state index contributed by atoms with van der Waals surface area (Å²) < 4.78 is 37.3. The lowest BCUT2D eigenvalue weighted by Gasteiger charge is -2.10. The zero-order valence-corrected chi connectivity index (χ0v) is 16.5. The fourth-order valence-corrected chi connectivity index (χ4v) is 3.45. The van der Waals surface area contributed by atoms with Crippen LogP contribution in [0.4, 0.5) is 0 Å². The average Bonchev–Trinajstić information content (AvgIpc) is 3.39. The molecule has 0 aromatic carbocycles. The van der Waals surface area contributed by atoms with Crippen molar-refractivity contribution in [2.24, 2.45) is 5.92 Å². The second kappa shape index (κ2) is 7.73. The van der Waals surface area contributed by atoms with Gasteiger partial charge in [0.05, 0.1) is 38.3 Å². The predicted molar refractivity (Wildman–Crippen MR) is 97.2 cm³/mol. The Hall–Kier alpha value is -2.33. The first-order valence-corrected chi connectivity index (χ1v) is 10.3. The van der Waals surface area contributed by atoms with Crippen LogP contribution in [0.3, 0.4) is 0 Å². The summed E-state index contributed by atoms with van der Waals surface area (Å²) in [5, 5.41) is 8.52. The van der Waals surface area contributed by atoms with Gasteiger partial charge in [0.1, 0.15) is 5.69 Å². The van der Waals surface area contributed by atoms with Crippen LogP contribution in [0, 0.1) is 12.8 Å². The van der Waals surface area contributed by atoms with Gasteiger partial charge in [0.25, 0.3) is 10.1 Å². The van der Waals surface area contributed by atoms with E-state index in [1.54, 1.807) is 6.20 Å². The summed E-state index contributed by atoms with van der Waals surface area (Å²) in [5.74, 6) is 1.05. The SMILES string of the molecule is COc1ncc(-c2cc([C@@H]3C[C@H]3CCOS(C)(=O)=O)c(C)nn2)c(OC)n1. The topological polar surface area (TPSA) is 113 Å². The normalized spacial score (nSPS) is 19.0. The number of hydrogen-bond donors (Lipinski definition) is 0. The van der Waals surface area contributed by atoms with Gasteiger partial charge in [-0.15, -0.1) is 5.10 Å². The van der Waals surface area contributed by atoms with Crippen LogP contribution in [-0.2, 0) is 14.3 Å². The Kier molecular flexibility index (Phi) is 5.56. The van der Waals surface area contributed by atoms with Crippen LogP contribution in [0.1, 0.15) is 30.0 Å². The molecule has 0 bridgehead atoms. The molecule has 10 heteroatoms. The van der Waals surface area contributed by atoms with Crippen LogP contribution < -0.4 is 9.47 Å². The van der Waals surface area contributed by atoms with E-state index in [0.29, 0.717) is 35.4 Å². The van der Waals surface area contributed by atoms with Gasteiger partial charge < -0.3 is 9.47 Å². The minimum Gasteiger partial charge on any atom is -0.480 e. The van der Waals surface area contributed by atoms with Crippen LogP contribution in [-0.4, -0.2) is 55.7 Å². The number of methoxy groups -OCH3 is 2. The average molecular weight is 394 g/mol. The first kappa shape index (κ1) is 19.4. The molecule has 0 radical (unpaired) electrons. The van der Waals surface area contributed by atoms with Gasteiger partial charge in [-0.1, -0.05) is 0 Å². The van der Waals surface area contributed by atoms with Gasteiger partial charge in [0.2, 0.25) is 5.88 Å². The summed E-state index contributed by atoms with van der Waals surface area (Å²) in [6.45, 7) is 2.11. The highest BCUT2D eigenvalue weighted by atomic mass is 32.2. The molecule has 146 valence electrons. The second-order valence-corrected chi connectivity index (χ2v) is 8.11. The molecule has 2 heterocycles. The highest BCUT2D eigenvalue weighted by Crippen LogP contribution is 2.50. The van der Waals surface area contributed by atoms with Gasteiger partial charge in [-0.2, -0.15) is 18.5 Å². The lowest BCUT2D eigenvalue weighted by Crippen LogP contribution is -2.05. The molecule has 0 amide bonds. The van der Waals surface area contributed by atoms with Gasteiger partial charge in [0, 0.05) is 6.20 Å². The van der Waals surface area contributed by atoms with E-state index in [4.69, 9.17) is 13.7 Å². The van der Waals surface area contributed by atoms with Gasteiger partial charge in [-0.05, 0) is 43.2 Å². The van der Waals surface area contributed by atoms with Crippen molar-refractivity contribution < 1.29 is 22.1 Å². The van der Waals surface area contributed by atoms with Crippen LogP contribution in [0.5, 0.6) is 11.9 Å². The molecular formula is C17H22N4O5S. The van der Waals surface area contributed by atoms with Crippen LogP contribution >= 0.6 is 0 Å². The maximum Gasteiger partial charge on any atom is 0.319 e. The molecule has 2 aromatic heterocycles. The molecule has 0 unspecified atom stereocenters. The molecule has 2 atom stereocenters. The van der Waals surface area contributed by atoms with Gasteiger partial charge in [-0.3, -0.25) is 4.18 Å². The molecule has 0 saturated heterocycles. The van der Waals surface area contributed by atoms with E-state index in [1.807, 2.05) is 13.0 Å². The van der Waals surface area contributed by atoms with Crippen molar-refractivity contribution in [2.45, 2.75) is 25.7 Å². The number of rotatable bonds is 8. The van der Waals surface area contributed by atoms with Crippen LogP contribution in [0.25, 0.3) is 11.3 Å². The first-order valence-electron chi connectivity index (χ1n) is 8.46. The lowest BCUT2D eigenvalue weighted by atomic mass is 10.0. The molecular weight excluding hydrogens is 372 g/mol. The second-order valence-electron chi connectivity index (χ2n) is 6.47. The Balaban J connectivity index is 1.78. The molecule has 1 aliphatic carbocycles. The molecule has 0 spiro atoms. The minimum absolute atomic E-state index is 0.199. The maximum atomic E-state index is 11.1. The number of aryl methyl sites for hydroxylation is 1. The number of ether oxygens (including phenoxy) is 2. The Labute approximate surface area is 158 Å². The Bertz CT molecular complexity index is 935. The molecule has 1 aliphatic rings. The van der Waals surface area contributed by atoms with E-state index in [9.17, 15) is 8.42 Å². The van der Waals surface area contributed by atoms with E-state index in [-0.39, 0.29) is 12.6 Å². The van der Waals surface area contributed by atoms with Crippen molar-refractivity contribution in [3.8, 4) is 23.1 Å². The summed E-state index contributed by atoms with van der Waals surface area (Å²) >= 11 is 0. The standard InChI is InChI=1S/C17H22N4O5S/c1-10-12(13-7-11(13)5-6-26-27(4,22)23)8-15(21-20-10)14-9-18-17(25-3)19-16(14)24-2/h8-9,11,13H,5-7H2,1-4H3/t11-,13-/m1/s1. The molecule has 27 heavy (non-hydrogen) atoms. The molecule has 0 N–H and O–H groups in total. The van der Waals surface area contributed by atoms with E-state index in [2.05, 4.69) is 20.2 Å². The van der Waals surface area contributed by atoms with Crippen LogP contribution in [0.2, 0.25) is 0 Å². The lowest BCUT2D eigenvalue weighted by molar-refractivity contribution is 0.306. The van der Waals surface area contributed by atoms with Crippen molar-refractivity contribution in [1.29, 1.82) is 0 Å². The smallest absolute Gasteiger partial charge is 0.319 e. The van der Waals surface area contributed by atoms with E-state index < -0.39 is 10.1 Å². The summed E-state index contributed by atoms with van der Waals surface area (Å²) in [6, 6.07) is 2.18. The van der Waals surface area contributed by atoms with Crippen molar-refractivity contribution in [1.82, 2.24) is 20.2 Å². The summed E-state index contributed by atoms with van der Waals surface area (Å²) in [6.07, 6.45) is 4.31. The molecule has 1 saturated carbocycles. The third-order valence-electron chi connectivity index (χ3n) is 4.51. The van der Waals surface area contributed by atoms with Gasteiger partial charge in [0.15, 0.2) is 0 Å². The zero-order valence-electron chi connectivity index (χ0n) is 15.7. The molecule has 1 fully saturated rings. The molecule has 3 rings (SSSR count). The summed E-state index contributed by atoms with van der Waals surface area (Å²) in [7, 11) is -0.393. The molecule has 0 aliphatic heterocycles. The fraction of sp³-hybridized carbons (Fsp3) is 0.529. The van der Waals surface area contributed by atoms with E-state index in [1.165, 1.54) is 14.2 Å². The predicted octanol–water partition coefficient (Wildman–Crippen LogP) is 1.73. The Morgan fingerprint density at radius 1 is 1.22 bits per heavy atom. The minimum atomic E-state index is -3.40. The van der Waals surface area contributed by atoms with Crippen molar-refractivity contribution in [2.75, 3.05) is 27.1 Å². The fourth-order valence-electron chi connectivity index (χ4n) is 3.05. The first-order chi connectivity index (χ1) is 12.8. The maximum absolute atomic E-state index is 11.1. The third kappa shape index (κ3) is 4.69. The van der Waals surface area contributed by atoms with Crippen LogP contribution in [0.15, 0.2) is 12.3 Å². The summed E-state index contributed by atoms with van der Waals surface area (Å²) in [4.78, 5) is 8.30. The number of nitrogens with zero attached hydrogens (tertiary/aromatic N) is 4. The number of aromatic nitrogens is 4. The molecule has 2 aromatic rings. The monoisotopic (exact) mass is 394 g/mol. The van der Waals surface area contributed by atoms with E-state index in [0.717, 1.165) is 23.9 Å². The van der Waals surface area contributed by atoms with Crippen molar-refractivity contribution in [3.05, 3.63) is 23.5 Å². The largest absolute Gasteiger partial charge is 0.480 e. The van der Waals surface area contributed by atoms with Gasteiger partial charge >= 0.3 is 6.01 Å². The Morgan fingerprint density at radius 2 is 2.00 bits per heavy atom. The highest BCUT2D eigenvalue weighted by Gasteiger charge is 2.39. The third-order valence-corrected chi connectivity index (χ3v) is 5.10. The van der Waals surface area contributed by atoms with E-state index >= 15 is 0 Å². The zero-order chi connectivity index (χ0) is 19.6. The van der Waals surface area contributed by atoms with Crippen molar-refractivity contribution >= 4 is 10.1 Å². The quantitative estimate of drug-likeness (QED) is 0.617. The summed E-state index contributed by atoms with van der Waals surface area (Å²) in [5.41, 5.74) is 3.18. The highest BCUT2D eigenvalue weighted by molar-refractivity contribution is 7.85. The van der Waals surface area contributed by atoms with Gasteiger partial charge in [-0.25, -0.2) is 4.98 Å². The number of hydrogen-bond acceptors (Lipinski definition) is 9.